The van der Waals surface area contributed by atoms with Crippen LogP contribution in [-0.2, 0) is 6.54 Å². The van der Waals surface area contributed by atoms with E-state index in [1.807, 2.05) is 60.1 Å². The highest BCUT2D eigenvalue weighted by molar-refractivity contribution is 5.98. The van der Waals surface area contributed by atoms with Crippen molar-refractivity contribution in [2.75, 3.05) is 5.73 Å². The number of aromatic nitrogens is 4. The second kappa shape index (κ2) is 8.50. The first-order chi connectivity index (χ1) is 16.0. The molecule has 2 atom stereocenters. The first kappa shape index (κ1) is 20.9. The molecule has 2 aromatic heterocycles. The SMILES string of the molecule is Cc1ccccc1C(=O)NCc1ccc(-c2nn(C3C=C[C@H](C)C3)c3ncnc(N)c23)cc1. The van der Waals surface area contributed by atoms with Crippen LogP contribution in [-0.4, -0.2) is 25.7 Å². The number of nitrogens with two attached hydrogens (primary N) is 1. The van der Waals surface area contributed by atoms with E-state index in [0.29, 0.717) is 23.8 Å². The van der Waals surface area contributed by atoms with Crippen LogP contribution in [0.2, 0.25) is 0 Å². The molecule has 0 spiro atoms. The topological polar surface area (TPSA) is 98.7 Å². The number of hydrogen-bond donors (Lipinski definition) is 2. The standard InChI is InChI=1S/C26H26N6O/c1-16-7-12-20(13-16)32-25-22(24(27)29-15-30-25)23(31-32)19-10-8-18(9-11-19)14-28-26(33)21-6-4-3-5-17(21)2/h3-12,15-16,20H,13-14H2,1-2H3,(H,28,33)(H2,27,29,30)/t16-,20?/m0/s1. The lowest BCUT2D eigenvalue weighted by Crippen LogP contribution is -2.23. The normalized spacial score (nSPS) is 17.5. The maximum atomic E-state index is 12.5. The van der Waals surface area contributed by atoms with Crippen molar-refractivity contribution in [2.45, 2.75) is 32.9 Å². The van der Waals surface area contributed by atoms with Gasteiger partial charge in [-0.2, -0.15) is 5.10 Å². The zero-order valence-corrected chi connectivity index (χ0v) is 18.7. The third kappa shape index (κ3) is 3.98. The van der Waals surface area contributed by atoms with E-state index in [-0.39, 0.29) is 11.9 Å². The van der Waals surface area contributed by atoms with Crippen molar-refractivity contribution in [1.29, 1.82) is 0 Å². The van der Waals surface area contributed by atoms with Crippen molar-refractivity contribution in [3.63, 3.8) is 0 Å². The minimum absolute atomic E-state index is 0.0781. The van der Waals surface area contributed by atoms with E-state index in [1.165, 1.54) is 6.33 Å². The number of nitrogens with one attached hydrogen (secondary N) is 1. The molecule has 0 fully saturated rings. The number of carbonyl (C=O) groups excluding carboxylic acids is 1. The third-order valence-corrected chi connectivity index (χ3v) is 6.18. The molecule has 7 heteroatoms. The van der Waals surface area contributed by atoms with Crippen LogP contribution in [0.25, 0.3) is 22.3 Å². The zero-order chi connectivity index (χ0) is 22.9. The molecule has 1 aliphatic rings. The summed E-state index contributed by atoms with van der Waals surface area (Å²) in [4.78, 5) is 21.2. The summed E-state index contributed by atoms with van der Waals surface area (Å²) in [6.07, 6.45) is 6.86. The fraction of sp³-hybridized carbons (Fsp3) is 0.231. The van der Waals surface area contributed by atoms with Crippen molar-refractivity contribution in [2.24, 2.45) is 5.92 Å². The predicted molar refractivity (Wildman–Crippen MR) is 129 cm³/mol. The molecule has 0 saturated carbocycles. The summed E-state index contributed by atoms with van der Waals surface area (Å²) in [6, 6.07) is 15.7. The molecular weight excluding hydrogens is 412 g/mol. The number of anilines is 1. The summed E-state index contributed by atoms with van der Waals surface area (Å²) in [6.45, 7) is 4.58. The van der Waals surface area contributed by atoms with Crippen molar-refractivity contribution in [1.82, 2.24) is 25.1 Å². The van der Waals surface area contributed by atoms with Crippen LogP contribution in [0, 0.1) is 12.8 Å². The van der Waals surface area contributed by atoms with Gasteiger partial charge in [0.25, 0.3) is 5.91 Å². The third-order valence-electron chi connectivity index (χ3n) is 6.18. The molecule has 4 aromatic rings. The Morgan fingerprint density at radius 1 is 1.12 bits per heavy atom. The maximum absolute atomic E-state index is 12.5. The molecule has 1 aliphatic carbocycles. The van der Waals surface area contributed by atoms with Gasteiger partial charge >= 0.3 is 0 Å². The van der Waals surface area contributed by atoms with Gasteiger partial charge in [-0.15, -0.1) is 0 Å². The van der Waals surface area contributed by atoms with Crippen LogP contribution in [0.4, 0.5) is 5.82 Å². The van der Waals surface area contributed by atoms with Crippen molar-refractivity contribution >= 4 is 22.8 Å². The summed E-state index contributed by atoms with van der Waals surface area (Å²) < 4.78 is 1.96. The van der Waals surface area contributed by atoms with E-state index in [9.17, 15) is 4.79 Å². The number of nitrogens with zero attached hydrogens (tertiary/aromatic N) is 4. The largest absolute Gasteiger partial charge is 0.383 e. The fourth-order valence-electron chi connectivity index (χ4n) is 4.35. The summed E-state index contributed by atoms with van der Waals surface area (Å²) in [5.41, 5.74) is 11.3. The number of allylic oxidation sites excluding steroid dienone is 2. The molecule has 2 aromatic carbocycles. The number of amides is 1. The molecule has 2 heterocycles. The first-order valence-corrected chi connectivity index (χ1v) is 11.1. The van der Waals surface area contributed by atoms with E-state index in [0.717, 1.165) is 39.8 Å². The highest BCUT2D eigenvalue weighted by atomic mass is 16.1. The van der Waals surface area contributed by atoms with Gasteiger partial charge < -0.3 is 11.1 Å². The van der Waals surface area contributed by atoms with Crippen LogP contribution in [0.3, 0.4) is 0 Å². The van der Waals surface area contributed by atoms with Gasteiger partial charge in [0.1, 0.15) is 17.8 Å². The Balaban J connectivity index is 1.40. The fourth-order valence-corrected chi connectivity index (χ4v) is 4.35. The van der Waals surface area contributed by atoms with E-state index in [2.05, 4.69) is 34.4 Å². The quantitative estimate of drug-likeness (QED) is 0.449. The van der Waals surface area contributed by atoms with Crippen LogP contribution in [0.5, 0.6) is 0 Å². The van der Waals surface area contributed by atoms with E-state index in [1.54, 1.807) is 0 Å². The average Bonchev–Trinajstić information content (AvgIpc) is 3.42. The lowest BCUT2D eigenvalue weighted by molar-refractivity contribution is 0.0950. The Morgan fingerprint density at radius 2 is 1.91 bits per heavy atom. The van der Waals surface area contributed by atoms with Crippen LogP contribution in [0.15, 0.2) is 67.0 Å². The Kier molecular flexibility index (Phi) is 5.38. The molecule has 1 amide bonds. The van der Waals surface area contributed by atoms with E-state index < -0.39 is 0 Å². The molecule has 3 N–H and O–H groups in total. The predicted octanol–water partition coefficient (Wildman–Crippen LogP) is 4.45. The summed E-state index contributed by atoms with van der Waals surface area (Å²) in [5.74, 6) is 0.850. The van der Waals surface area contributed by atoms with Crippen molar-refractivity contribution in [3.8, 4) is 11.3 Å². The Labute approximate surface area is 192 Å². The van der Waals surface area contributed by atoms with E-state index in [4.69, 9.17) is 10.8 Å². The molecule has 0 aliphatic heterocycles. The van der Waals surface area contributed by atoms with Crippen LogP contribution < -0.4 is 11.1 Å². The monoisotopic (exact) mass is 438 g/mol. The minimum Gasteiger partial charge on any atom is -0.383 e. The lowest BCUT2D eigenvalue weighted by atomic mass is 10.1. The molecule has 0 saturated heterocycles. The van der Waals surface area contributed by atoms with Gasteiger partial charge in [-0.3, -0.25) is 4.79 Å². The smallest absolute Gasteiger partial charge is 0.251 e. The first-order valence-electron chi connectivity index (χ1n) is 11.1. The van der Waals surface area contributed by atoms with Crippen LogP contribution >= 0.6 is 0 Å². The lowest BCUT2D eigenvalue weighted by Gasteiger charge is -2.10. The molecule has 5 rings (SSSR count). The molecule has 166 valence electrons. The summed E-state index contributed by atoms with van der Waals surface area (Å²) in [7, 11) is 0. The van der Waals surface area contributed by atoms with Gasteiger partial charge in [0.2, 0.25) is 0 Å². The summed E-state index contributed by atoms with van der Waals surface area (Å²) in [5, 5.41) is 8.67. The number of fused-ring (bicyclic) bond motifs is 1. The second-order valence-electron chi connectivity index (χ2n) is 8.61. The molecule has 0 bridgehead atoms. The van der Waals surface area contributed by atoms with Gasteiger partial charge in [0.05, 0.1) is 11.4 Å². The number of carbonyl (C=O) groups is 1. The maximum Gasteiger partial charge on any atom is 0.251 e. The highest BCUT2D eigenvalue weighted by Gasteiger charge is 2.24. The highest BCUT2D eigenvalue weighted by Crippen LogP contribution is 2.35. The molecule has 1 unspecified atom stereocenters. The Morgan fingerprint density at radius 3 is 2.64 bits per heavy atom. The Hall–Kier alpha value is -4.00. The zero-order valence-electron chi connectivity index (χ0n) is 18.7. The van der Waals surface area contributed by atoms with Gasteiger partial charge in [-0.05, 0) is 36.5 Å². The van der Waals surface area contributed by atoms with Gasteiger partial charge in [-0.1, -0.05) is 61.5 Å². The summed E-state index contributed by atoms with van der Waals surface area (Å²) >= 11 is 0. The number of hydrogen-bond acceptors (Lipinski definition) is 5. The average molecular weight is 439 g/mol. The van der Waals surface area contributed by atoms with Gasteiger partial charge in [-0.25, -0.2) is 14.6 Å². The molecule has 0 radical (unpaired) electrons. The molecule has 33 heavy (non-hydrogen) atoms. The number of aryl methyl sites for hydroxylation is 1. The number of benzene rings is 2. The molecular formula is C26H26N6O. The van der Waals surface area contributed by atoms with E-state index >= 15 is 0 Å². The van der Waals surface area contributed by atoms with Gasteiger partial charge in [0, 0.05) is 17.7 Å². The number of nitrogen functional groups attached to an aromatic ring is 1. The Bertz CT molecular complexity index is 1360. The van der Waals surface area contributed by atoms with Crippen molar-refractivity contribution < 1.29 is 4.79 Å². The molecule has 7 nitrogen and oxygen atoms in total. The number of rotatable bonds is 5. The minimum atomic E-state index is -0.0781. The van der Waals surface area contributed by atoms with Crippen LogP contribution in [0.1, 0.15) is 40.9 Å². The van der Waals surface area contributed by atoms with Gasteiger partial charge in [0.15, 0.2) is 5.65 Å². The second-order valence-corrected chi connectivity index (χ2v) is 8.61. The van der Waals surface area contributed by atoms with Crippen molar-refractivity contribution in [3.05, 3.63) is 83.7 Å².